The first-order valence-corrected chi connectivity index (χ1v) is 14.8. The van der Waals surface area contributed by atoms with Crippen LogP contribution in [0.1, 0.15) is 50.4 Å². The van der Waals surface area contributed by atoms with E-state index in [1.807, 2.05) is 62.9 Å². The van der Waals surface area contributed by atoms with Gasteiger partial charge in [-0.25, -0.2) is 0 Å². The fourth-order valence-electron chi connectivity index (χ4n) is 5.02. The number of carbonyl (C=O) groups is 1. The molecule has 4 rings (SSSR count). The van der Waals surface area contributed by atoms with E-state index in [-0.39, 0.29) is 18.6 Å². The first-order valence-electron chi connectivity index (χ1n) is 14.1. The van der Waals surface area contributed by atoms with Crippen molar-refractivity contribution < 1.29 is 28.5 Å². The second-order valence-corrected chi connectivity index (χ2v) is 10.3. The van der Waals surface area contributed by atoms with Gasteiger partial charge in [0.25, 0.3) is 5.91 Å². The van der Waals surface area contributed by atoms with Gasteiger partial charge >= 0.3 is 0 Å². The van der Waals surface area contributed by atoms with Crippen molar-refractivity contribution in [3.8, 4) is 28.7 Å². The summed E-state index contributed by atoms with van der Waals surface area (Å²) >= 11 is 12.3. The van der Waals surface area contributed by atoms with Crippen molar-refractivity contribution in [2.24, 2.45) is 0 Å². The van der Waals surface area contributed by atoms with Gasteiger partial charge in [-0.05, 0) is 99.7 Å². The van der Waals surface area contributed by atoms with Crippen LogP contribution in [0, 0.1) is 0 Å². The lowest BCUT2D eigenvalue weighted by atomic mass is 9.88. The van der Waals surface area contributed by atoms with Crippen LogP contribution in [0.4, 0.5) is 0 Å². The van der Waals surface area contributed by atoms with E-state index in [1.165, 1.54) is 0 Å². The number of ether oxygens (including phenoxy) is 5. The third-order valence-electron chi connectivity index (χ3n) is 6.76. The molecule has 0 aliphatic carbocycles. The van der Waals surface area contributed by atoms with Gasteiger partial charge in [0.15, 0.2) is 29.6 Å². The van der Waals surface area contributed by atoms with Gasteiger partial charge in [-0.1, -0.05) is 29.3 Å². The van der Waals surface area contributed by atoms with Crippen LogP contribution in [0.25, 0.3) is 0 Å². The third kappa shape index (κ3) is 7.52. The summed E-state index contributed by atoms with van der Waals surface area (Å²) in [4.78, 5) is 15.6. The lowest BCUT2D eigenvalue weighted by Crippen LogP contribution is -2.43. The molecule has 0 unspecified atom stereocenters. The van der Waals surface area contributed by atoms with E-state index >= 15 is 0 Å². The summed E-state index contributed by atoms with van der Waals surface area (Å²) in [6, 6.07) is 14.7. The summed E-state index contributed by atoms with van der Waals surface area (Å²) in [7, 11) is 0. The molecule has 7 nitrogen and oxygen atoms in total. The number of halogens is 2. The molecule has 41 heavy (non-hydrogen) atoms. The van der Waals surface area contributed by atoms with Crippen molar-refractivity contribution in [2.75, 3.05) is 39.6 Å². The van der Waals surface area contributed by atoms with Crippen molar-refractivity contribution in [3.63, 3.8) is 0 Å². The van der Waals surface area contributed by atoms with E-state index in [2.05, 4.69) is 0 Å². The molecule has 3 aromatic rings. The van der Waals surface area contributed by atoms with Crippen molar-refractivity contribution in [1.29, 1.82) is 0 Å². The zero-order chi connectivity index (χ0) is 29.4. The van der Waals surface area contributed by atoms with Gasteiger partial charge in [-0.15, -0.1) is 0 Å². The molecule has 1 amide bonds. The zero-order valence-electron chi connectivity index (χ0n) is 24.0. The van der Waals surface area contributed by atoms with Gasteiger partial charge in [-0.2, -0.15) is 0 Å². The van der Waals surface area contributed by atoms with Crippen molar-refractivity contribution in [2.45, 2.75) is 46.6 Å². The predicted molar refractivity (Wildman–Crippen MR) is 161 cm³/mol. The predicted octanol–water partition coefficient (Wildman–Crippen LogP) is 7.34. The number of hydrogen-bond donors (Lipinski definition) is 0. The summed E-state index contributed by atoms with van der Waals surface area (Å²) in [5.41, 5.74) is 3.16. The Bertz CT molecular complexity index is 1350. The highest BCUT2D eigenvalue weighted by atomic mass is 35.5. The Morgan fingerprint density at radius 1 is 0.756 bits per heavy atom. The summed E-state index contributed by atoms with van der Waals surface area (Å²) in [6.07, 6.45) is 1.24. The van der Waals surface area contributed by atoms with Crippen LogP contribution in [0.2, 0.25) is 10.0 Å². The maximum Gasteiger partial charge on any atom is 0.261 e. The van der Waals surface area contributed by atoms with Crippen LogP contribution in [-0.2, 0) is 17.6 Å². The Labute approximate surface area is 252 Å². The van der Waals surface area contributed by atoms with Crippen LogP contribution in [-0.4, -0.2) is 50.4 Å². The van der Waals surface area contributed by atoms with Crippen molar-refractivity contribution in [1.82, 2.24) is 4.90 Å². The van der Waals surface area contributed by atoms with Crippen LogP contribution < -0.4 is 23.7 Å². The van der Waals surface area contributed by atoms with Crippen molar-refractivity contribution in [3.05, 3.63) is 75.3 Å². The largest absolute Gasteiger partial charge is 0.490 e. The third-order valence-corrected chi connectivity index (χ3v) is 7.30. The number of benzene rings is 3. The molecule has 220 valence electrons. The molecule has 0 fully saturated rings. The van der Waals surface area contributed by atoms with Gasteiger partial charge in [0.05, 0.1) is 37.5 Å². The second kappa shape index (κ2) is 14.6. The van der Waals surface area contributed by atoms with E-state index in [4.69, 9.17) is 46.9 Å². The van der Waals surface area contributed by atoms with Crippen molar-refractivity contribution >= 4 is 29.1 Å². The van der Waals surface area contributed by atoms with Gasteiger partial charge in [0.2, 0.25) is 0 Å². The minimum atomic E-state index is -0.266. The molecule has 1 heterocycles. The summed E-state index contributed by atoms with van der Waals surface area (Å²) in [5, 5.41) is 0.855. The fraction of sp³-hybridized carbons (Fsp3) is 0.406. The molecule has 1 aliphatic heterocycles. The highest BCUT2D eigenvalue weighted by Crippen LogP contribution is 2.41. The maximum atomic E-state index is 13.7. The molecular weight excluding hydrogens is 565 g/mol. The molecule has 3 aromatic carbocycles. The van der Waals surface area contributed by atoms with Gasteiger partial charge in [0, 0.05) is 11.6 Å². The van der Waals surface area contributed by atoms with Crippen LogP contribution in [0.3, 0.4) is 0 Å². The molecule has 1 aliphatic rings. The number of hydrogen-bond acceptors (Lipinski definition) is 6. The highest BCUT2D eigenvalue weighted by molar-refractivity contribution is 6.35. The molecule has 0 spiro atoms. The number of fused-ring (bicyclic) bond motifs is 1. The minimum Gasteiger partial charge on any atom is -0.490 e. The molecule has 0 aromatic heterocycles. The Kier molecular flexibility index (Phi) is 10.9. The Morgan fingerprint density at radius 3 is 2.02 bits per heavy atom. The average molecular weight is 603 g/mol. The Hall–Kier alpha value is -3.29. The zero-order valence-corrected chi connectivity index (χ0v) is 25.5. The Morgan fingerprint density at radius 2 is 1.37 bits per heavy atom. The molecule has 0 bridgehead atoms. The van der Waals surface area contributed by atoms with Crippen LogP contribution in [0.5, 0.6) is 28.7 Å². The lowest BCUT2D eigenvalue weighted by Gasteiger charge is -2.38. The van der Waals surface area contributed by atoms with E-state index < -0.39 is 0 Å². The van der Waals surface area contributed by atoms with Crippen LogP contribution in [0.15, 0.2) is 48.5 Å². The SMILES string of the molecule is CCOc1ccc(C[C@H]2c3cc(OCC)c(OCC)cc3CCN2C(=O)COc2ccc(Cl)cc2Cl)cc1OCC. The maximum absolute atomic E-state index is 13.7. The number of carbonyl (C=O) groups excluding carboxylic acids is 1. The highest BCUT2D eigenvalue weighted by Gasteiger charge is 2.33. The average Bonchev–Trinajstić information content (AvgIpc) is 2.95. The number of nitrogens with zero attached hydrogens (tertiary/aromatic N) is 1. The van der Waals surface area contributed by atoms with Crippen LogP contribution >= 0.6 is 23.2 Å². The van der Waals surface area contributed by atoms with E-state index in [9.17, 15) is 4.79 Å². The molecule has 9 heteroatoms. The molecule has 0 N–H and O–H groups in total. The number of amides is 1. The van der Waals surface area contributed by atoms with Gasteiger partial charge in [0.1, 0.15) is 5.75 Å². The standard InChI is InChI=1S/C32H37Cl2NO6/c1-5-37-28-11-9-21(16-29(28)38-6-2)15-26-24-19-31(40-8-4)30(39-7-3)17-22(24)13-14-35(26)32(36)20-41-27-12-10-23(33)18-25(27)34/h9-12,16-19,26H,5-8,13-15,20H2,1-4H3/t26-/m0/s1. The molecule has 0 saturated carbocycles. The van der Waals surface area contributed by atoms with E-state index in [0.717, 1.165) is 16.7 Å². The molecule has 0 saturated heterocycles. The quantitative estimate of drug-likeness (QED) is 0.204. The summed E-state index contributed by atoms with van der Waals surface area (Å²) < 4.78 is 29.3. The first-order chi connectivity index (χ1) is 19.9. The van der Waals surface area contributed by atoms with Gasteiger partial charge in [-0.3, -0.25) is 4.79 Å². The van der Waals surface area contributed by atoms with Gasteiger partial charge < -0.3 is 28.6 Å². The monoisotopic (exact) mass is 601 g/mol. The van der Waals surface area contributed by atoms with E-state index in [1.54, 1.807) is 18.2 Å². The normalized spacial score (nSPS) is 14.3. The van der Waals surface area contributed by atoms with E-state index in [0.29, 0.717) is 84.6 Å². The lowest BCUT2D eigenvalue weighted by molar-refractivity contribution is -0.136. The fourth-order valence-corrected chi connectivity index (χ4v) is 5.49. The summed E-state index contributed by atoms with van der Waals surface area (Å²) in [6.45, 7) is 10.2. The smallest absolute Gasteiger partial charge is 0.261 e. The minimum absolute atomic E-state index is 0.144. The topological polar surface area (TPSA) is 66.5 Å². The summed E-state index contributed by atoms with van der Waals surface area (Å²) in [5.74, 6) is 3.03. The molecular formula is C32H37Cl2NO6. The Balaban J connectivity index is 1.69. The molecule has 1 atom stereocenters. The first kappa shape index (κ1) is 30.7. The molecule has 0 radical (unpaired) electrons. The second-order valence-electron chi connectivity index (χ2n) is 9.43. The number of rotatable bonds is 13.